The molecule has 0 amide bonds. The van der Waals surface area contributed by atoms with E-state index in [1.54, 1.807) is 0 Å². The third kappa shape index (κ3) is 4.46. The van der Waals surface area contributed by atoms with Crippen LogP contribution in [0.4, 0.5) is 0 Å². The van der Waals surface area contributed by atoms with Crippen molar-refractivity contribution >= 4 is 0 Å². The van der Waals surface area contributed by atoms with Crippen molar-refractivity contribution in [1.82, 2.24) is 0 Å². The molecule has 3 heteroatoms. The van der Waals surface area contributed by atoms with E-state index in [1.807, 2.05) is 0 Å². The predicted molar refractivity (Wildman–Crippen MR) is 70.0 cm³/mol. The molecule has 1 aromatic carbocycles. The van der Waals surface area contributed by atoms with E-state index >= 15 is 0 Å². The van der Waals surface area contributed by atoms with Gasteiger partial charge in [0, 0.05) is 15.3 Å². The minimum atomic E-state index is -3.70. The lowest BCUT2D eigenvalue weighted by Gasteiger charge is -2.26. The van der Waals surface area contributed by atoms with Crippen LogP contribution in [0.25, 0.3) is 0 Å². The first-order chi connectivity index (χ1) is 11.8. The molecule has 0 heterocycles. The second-order valence-corrected chi connectivity index (χ2v) is 3.30. The van der Waals surface area contributed by atoms with Crippen LogP contribution >= 0.6 is 0 Å². The largest absolute Gasteiger partial charge is 0.394 e. The van der Waals surface area contributed by atoms with Gasteiger partial charge in [0.15, 0.2) is 0 Å². The standard InChI is InChI=1S/C14H23NO2/c1-3-12-4-6-13(7-5-12)8-9-14(15,10-16)11-17-2/h4-7,16H,3,8-11,15H2,1-2H3/i3D2,8D2,9D2,10D2,11D2. The number of aryl methyl sites for hydroxylation is 2. The lowest BCUT2D eigenvalue weighted by Crippen LogP contribution is -2.48. The molecule has 0 bridgehead atoms. The zero-order chi connectivity index (χ0) is 21.7. The van der Waals surface area contributed by atoms with Gasteiger partial charge in [-0.2, -0.15) is 0 Å². The van der Waals surface area contributed by atoms with Crippen LogP contribution in [0.3, 0.4) is 0 Å². The van der Waals surface area contributed by atoms with Gasteiger partial charge in [0.1, 0.15) is 0 Å². The number of ether oxygens (including phenoxy) is 1. The Bertz CT molecular complexity index is 666. The van der Waals surface area contributed by atoms with Gasteiger partial charge in [0.25, 0.3) is 0 Å². The van der Waals surface area contributed by atoms with Gasteiger partial charge in [-0.15, -0.1) is 0 Å². The summed E-state index contributed by atoms with van der Waals surface area (Å²) in [5.74, 6) is 0. The van der Waals surface area contributed by atoms with Gasteiger partial charge >= 0.3 is 0 Å². The van der Waals surface area contributed by atoms with Crippen molar-refractivity contribution in [3.05, 3.63) is 35.4 Å². The van der Waals surface area contributed by atoms with Gasteiger partial charge in [-0.1, -0.05) is 31.2 Å². The van der Waals surface area contributed by atoms with Gasteiger partial charge in [-0.3, -0.25) is 0 Å². The summed E-state index contributed by atoms with van der Waals surface area (Å²) < 4.78 is 83.0. The van der Waals surface area contributed by atoms with Crippen LogP contribution in [0.2, 0.25) is 0 Å². The molecule has 3 nitrogen and oxygen atoms in total. The van der Waals surface area contributed by atoms with E-state index < -0.39 is 37.8 Å². The van der Waals surface area contributed by atoms with E-state index in [1.165, 1.54) is 19.1 Å². The molecule has 96 valence electrons. The molecule has 17 heavy (non-hydrogen) atoms. The molecule has 0 fully saturated rings. The van der Waals surface area contributed by atoms with Crippen molar-refractivity contribution in [3.63, 3.8) is 0 Å². The van der Waals surface area contributed by atoms with Crippen LogP contribution in [0, 0.1) is 0 Å². The summed E-state index contributed by atoms with van der Waals surface area (Å²) in [5.41, 5.74) is 2.05. The highest BCUT2D eigenvalue weighted by atomic mass is 16.5. The van der Waals surface area contributed by atoms with Crippen LogP contribution in [-0.2, 0) is 17.5 Å². The van der Waals surface area contributed by atoms with Crippen molar-refractivity contribution in [1.29, 1.82) is 0 Å². The topological polar surface area (TPSA) is 55.5 Å². The molecule has 0 aromatic heterocycles. The van der Waals surface area contributed by atoms with E-state index in [2.05, 4.69) is 4.74 Å². The molecule has 1 unspecified atom stereocenters. The van der Waals surface area contributed by atoms with Crippen LogP contribution < -0.4 is 5.73 Å². The molecule has 0 aliphatic rings. The second kappa shape index (κ2) is 6.74. The van der Waals surface area contributed by atoms with Crippen LogP contribution in [0.15, 0.2) is 24.3 Å². The first-order valence-corrected chi connectivity index (χ1v) is 4.95. The summed E-state index contributed by atoms with van der Waals surface area (Å²) in [4.78, 5) is 0. The molecule has 0 aliphatic carbocycles. The molecule has 3 N–H and O–H groups in total. The number of hydrogen-bond donors (Lipinski definition) is 2. The van der Waals surface area contributed by atoms with Crippen LogP contribution in [0.5, 0.6) is 0 Å². The minimum Gasteiger partial charge on any atom is -0.394 e. The Labute approximate surface area is 118 Å². The molecule has 0 saturated heterocycles. The number of hydrogen-bond acceptors (Lipinski definition) is 3. The Hall–Kier alpha value is -0.900. The molecule has 0 aliphatic heterocycles. The first kappa shape index (κ1) is 5.39. The Kier molecular flexibility index (Phi) is 2.14. The smallest absolute Gasteiger partial charge is 0.0665 e. The Morgan fingerprint density at radius 3 is 2.41 bits per heavy atom. The molecule has 0 saturated carbocycles. The van der Waals surface area contributed by atoms with E-state index in [0.717, 1.165) is 19.2 Å². The SMILES string of the molecule is [2H]C([2H])(C)c1ccc(C([2H])([2H])C([2H])([2H])C(N)(C([2H])([2H])O)C([2H])([2H])OC)cc1. The Morgan fingerprint density at radius 1 is 1.35 bits per heavy atom. The van der Waals surface area contributed by atoms with Crippen LogP contribution in [0.1, 0.15) is 38.1 Å². The fourth-order valence-electron chi connectivity index (χ4n) is 1.13. The van der Waals surface area contributed by atoms with Crippen molar-refractivity contribution in [2.75, 3.05) is 20.2 Å². The summed E-state index contributed by atoms with van der Waals surface area (Å²) in [6, 6.07) is 4.68. The molecule has 1 rings (SSSR count). The van der Waals surface area contributed by atoms with Gasteiger partial charge in [-0.05, 0) is 30.2 Å². The Morgan fingerprint density at radius 2 is 1.94 bits per heavy atom. The van der Waals surface area contributed by atoms with Crippen molar-refractivity contribution < 1.29 is 23.6 Å². The fourth-order valence-corrected chi connectivity index (χ4v) is 1.13. The summed E-state index contributed by atoms with van der Waals surface area (Å²) in [5, 5.41) is 9.83. The molecule has 1 atom stereocenters. The molecular weight excluding hydrogens is 214 g/mol. The highest BCUT2D eigenvalue weighted by Crippen LogP contribution is 2.13. The Balaban J connectivity index is 3.61. The maximum absolute atomic E-state index is 9.83. The van der Waals surface area contributed by atoms with E-state index in [-0.39, 0.29) is 11.1 Å². The van der Waals surface area contributed by atoms with E-state index in [9.17, 15) is 5.11 Å². The second-order valence-electron chi connectivity index (χ2n) is 3.30. The number of rotatable bonds is 7. The monoisotopic (exact) mass is 247 g/mol. The summed E-state index contributed by atoms with van der Waals surface area (Å²) in [6.07, 6.45) is -8.31. The third-order valence-corrected chi connectivity index (χ3v) is 2.02. The van der Waals surface area contributed by atoms with E-state index in [4.69, 9.17) is 19.4 Å². The number of benzene rings is 1. The molecule has 1 aromatic rings. The molecule has 0 radical (unpaired) electrons. The highest BCUT2D eigenvalue weighted by Gasteiger charge is 2.23. The highest BCUT2D eigenvalue weighted by molar-refractivity contribution is 5.22. The van der Waals surface area contributed by atoms with E-state index in [0.29, 0.717) is 0 Å². The predicted octanol–water partition coefficient (Wildman–Crippen LogP) is 1.52. The minimum absolute atomic E-state index is 0.200. The van der Waals surface area contributed by atoms with Crippen molar-refractivity contribution in [2.45, 2.75) is 31.6 Å². The first-order valence-electron chi connectivity index (χ1n) is 9.95. The quantitative estimate of drug-likeness (QED) is 0.768. The van der Waals surface area contributed by atoms with Crippen molar-refractivity contribution in [3.8, 4) is 0 Å². The number of methoxy groups -OCH3 is 1. The fraction of sp³-hybridized carbons (Fsp3) is 0.571. The number of nitrogens with two attached hydrogens (primary N) is 1. The molecular formula is C14H23NO2. The zero-order valence-electron chi connectivity index (χ0n) is 19.7. The number of aliphatic hydroxyl groups is 1. The van der Waals surface area contributed by atoms with Gasteiger partial charge in [-0.25, -0.2) is 0 Å². The van der Waals surface area contributed by atoms with Gasteiger partial charge in [0.05, 0.1) is 24.1 Å². The lowest BCUT2D eigenvalue weighted by atomic mass is 9.93. The van der Waals surface area contributed by atoms with Crippen molar-refractivity contribution in [2.24, 2.45) is 5.73 Å². The average molecular weight is 247 g/mol. The maximum Gasteiger partial charge on any atom is 0.0665 e. The third-order valence-electron chi connectivity index (χ3n) is 2.02. The summed E-state index contributed by atoms with van der Waals surface area (Å²) in [7, 11) is 0.789. The normalized spacial score (nSPS) is 27.5. The van der Waals surface area contributed by atoms with Gasteiger partial charge < -0.3 is 15.6 Å². The lowest BCUT2D eigenvalue weighted by molar-refractivity contribution is 0.0817. The summed E-state index contributed by atoms with van der Waals surface area (Å²) in [6.45, 7) is -5.71. The maximum atomic E-state index is 9.83. The average Bonchev–Trinajstić information content (AvgIpc) is 2.51. The summed E-state index contributed by atoms with van der Waals surface area (Å²) >= 11 is 0. The zero-order valence-corrected chi connectivity index (χ0v) is 9.74. The van der Waals surface area contributed by atoms with Gasteiger partial charge in [0.2, 0.25) is 0 Å². The molecule has 0 spiro atoms. The van der Waals surface area contributed by atoms with Crippen LogP contribution in [-0.4, -0.2) is 30.9 Å².